The van der Waals surface area contributed by atoms with Crippen molar-refractivity contribution in [2.75, 3.05) is 13.1 Å². The van der Waals surface area contributed by atoms with Gasteiger partial charge in [-0.05, 0) is 39.2 Å². The van der Waals surface area contributed by atoms with Crippen LogP contribution in [0.15, 0.2) is 10.9 Å². The van der Waals surface area contributed by atoms with Gasteiger partial charge in [-0.1, -0.05) is 12.8 Å². The van der Waals surface area contributed by atoms with Crippen molar-refractivity contribution in [3.63, 3.8) is 0 Å². The van der Waals surface area contributed by atoms with Gasteiger partial charge in [0.2, 0.25) is 5.91 Å². The van der Waals surface area contributed by atoms with Gasteiger partial charge >= 0.3 is 0 Å². The van der Waals surface area contributed by atoms with Crippen LogP contribution < -0.4 is 16.2 Å². The van der Waals surface area contributed by atoms with E-state index in [9.17, 15) is 9.59 Å². The fourth-order valence-corrected chi connectivity index (χ4v) is 4.65. The van der Waals surface area contributed by atoms with Crippen LogP contribution in [-0.4, -0.2) is 33.6 Å². The topological polar surface area (TPSA) is 91.3 Å². The molecule has 2 atom stereocenters. The van der Waals surface area contributed by atoms with E-state index in [4.69, 9.17) is 0 Å². The second-order valence-corrected chi connectivity index (χ2v) is 7.49. The quantitative estimate of drug-likeness (QED) is 0.713. The lowest BCUT2D eigenvalue weighted by Crippen LogP contribution is -2.47. The largest absolute Gasteiger partial charge is 0.351 e. The minimum absolute atomic E-state index is 0. The Morgan fingerprint density at radius 2 is 2.15 bits per heavy atom. The molecule has 2 aromatic rings. The van der Waals surface area contributed by atoms with E-state index in [0.717, 1.165) is 49.3 Å². The summed E-state index contributed by atoms with van der Waals surface area (Å²) in [5, 5.41) is 9.33. The van der Waals surface area contributed by atoms with Crippen molar-refractivity contribution in [2.45, 2.75) is 46.1 Å². The molecular formula is C18H27Cl2N5O2. The van der Waals surface area contributed by atoms with Gasteiger partial charge in [0.25, 0.3) is 5.56 Å². The molecular weight excluding hydrogens is 389 g/mol. The Hall–Kier alpha value is -1.57. The molecule has 0 unspecified atom stereocenters. The highest BCUT2D eigenvalue weighted by Gasteiger charge is 2.49. The van der Waals surface area contributed by atoms with Gasteiger partial charge in [0.05, 0.1) is 5.41 Å². The molecule has 1 saturated heterocycles. The van der Waals surface area contributed by atoms with Gasteiger partial charge in [-0.3, -0.25) is 14.7 Å². The fourth-order valence-electron chi connectivity index (χ4n) is 4.65. The summed E-state index contributed by atoms with van der Waals surface area (Å²) >= 11 is 0. The van der Waals surface area contributed by atoms with E-state index in [-0.39, 0.29) is 41.7 Å². The van der Waals surface area contributed by atoms with Crippen molar-refractivity contribution in [2.24, 2.45) is 11.3 Å². The molecule has 2 aliphatic rings. The summed E-state index contributed by atoms with van der Waals surface area (Å²) in [6.45, 7) is 6.03. The zero-order valence-corrected chi connectivity index (χ0v) is 17.3. The summed E-state index contributed by atoms with van der Waals surface area (Å²) in [6.07, 6.45) is 4.45. The van der Waals surface area contributed by atoms with Gasteiger partial charge in [-0.15, -0.1) is 24.8 Å². The average molecular weight is 416 g/mol. The van der Waals surface area contributed by atoms with Gasteiger partial charge in [-0.25, -0.2) is 9.50 Å². The molecule has 3 N–H and O–H groups in total. The number of halogens is 2. The zero-order valence-electron chi connectivity index (χ0n) is 15.6. The first-order valence-corrected chi connectivity index (χ1v) is 9.08. The molecule has 3 heterocycles. The molecule has 1 aliphatic carbocycles. The van der Waals surface area contributed by atoms with Gasteiger partial charge < -0.3 is 10.6 Å². The first-order chi connectivity index (χ1) is 12.0. The third-order valence-electron chi connectivity index (χ3n) is 6.12. The number of aromatic nitrogens is 3. The maximum Gasteiger partial charge on any atom is 0.266 e. The summed E-state index contributed by atoms with van der Waals surface area (Å²) in [6, 6.07) is 1.48. The molecule has 4 rings (SSSR count). The van der Waals surface area contributed by atoms with Crippen molar-refractivity contribution in [3.05, 3.63) is 33.4 Å². The Bertz CT molecular complexity index is 894. The van der Waals surface area contributed by atoms with E-state index in [1.807, 2.05) is 13.8 Å². The monoisotopic (exact) mass is 415 g/mol. The van der Waals surface area contributed by atoms with E-state index in [1.165, 1.54) is 12.5 Å². The second kappa shape index (κ2) is 8.20. The highest BCUT2D eigenvalue weighted by Crippen LogP contribution is 2.43. The number of aryl methyl sites for hydroxylation is 2. The van der Waals surface area contributed by atoms with Crippen molar-refractivity contribution in [3.8, 4) is 0 Å². The van der Waals surface area contributed by atoms with Crippen molar-refractivity contribution in [1.29, 1.82) is 0 Å². The first kappa shape index (κ1) is 21.7. The smallest absolute Gasteiger partial charge is 0.266 e. The van der Waals surface area contributed by atoms with Crippen LogP contribution >= 0.6 is 24.8 Å². The fraction of sp³-hybridized carbons (Fsp3) is 0.611. The number of nitrogens with zero attached hydrogens (tertiary/aromatic N) is 2. The van der Waals surface area contributed by atoms with E-state index < -0.39 is 0 Å². The lowest BCUT2D eigenvalue weighted by atomic mass is 9.67. The van der Waals surface area contributed by atoms with Crippen LogP contribution in [0.5, 0.6) is 0 Å². The number of rotatable bonds is 3. The molecule has 9 heteroatoms. The Labute approximate surface area is 170 Å². The zero-order chi connectivity index (χ0) is 17.6. The molecule has 1 aliphatic heterocycles. The van der Waals surface area contributed by atoms with Crippen LogP contribution in [0.25, 0.3) is 5.65 Å². The molecule has 150 valence electrons. The third-order valence-corrected chi connectivity index (χ3v) is 6.12. The number of amides is 1. The van der Waals surface area contributed by atoms with E-state index in [2.05, 4.69) is 20.7 Å². The number of carbonyl (C=O) groups excluding carboxylic acids is 1. The van der Waals surface area contributed by atoms with Crippen molar-refractivity contribution in [1.82, 2.24) is 25.2 Å². The standard InChI is InChI=1S/C18H25N5O2.2ClH/c1-11-14(12(2)23-15(21-11)7-16(24)22-23)9-20-17(25)18-6-4-3-5-13(18)8-19-10-18;;/h7,13,19H,3-6,8-10H2,1-2H3,(H,20,25)(H,22,24);2*1H/t13-,18+;;/m0../s1. The lowest BCUT2D eigenvalue weighted by Gasteiger charge is -2.37. The molecule has 0 spiro atoms. The number of hydrogen-bond acceptors (Lipinski definition) is 4. The third kappa shape index (κ3) is 3.60. The molecule has 0 radical (unpaired) electrons. The van der Waals surface area contributed by atoms with E-state index in [1.54, 1.807) is 4.52 Å². The molecule has 0 bridgehead atoms. The minimum Gasteiger partial charge on any atom is -0.351 e. The lowest BCUT2D eigenvalue weighted by molar-refractivity contribution is -0.134. The van der Waals surface area contributed by atoms with Crippen molar-refractivity contribution < 1.29 is 4.79 Å². The van der Waals surface area contributed by atoms with Crippen LogP contribution in [0.1, 0.15) is 42.6 Å². The maximum atomic E-state index is 13.0. The van der Waals surface area contributed by atoms with Gasteiger partial charge in [-0.2, -0.15) is 0 Å². The summed E-state index contributed by atoms with van der Waals surface area (Å²) in [7, 11) is 0. The summed E-state index contributed by atoms with van der Waals surface area (Å²) in [5.41, 5.74) is 2.91. The Balaban J connectivity index is 0.00000131. The molecule has 0 aromatic carbocycles. The van der Waals surface area contributed by atoms with E-state index in [0.29, 0.717) is 18.1 Å². The van der Waals surface area contributed by atoms with Crippen LogP contribution in [0.3, 0.4) is 0 Å². The minimum atomic E-state index is -0.251. The molecule has 1 saturated carbocycles. The molecule has 27 heavy (non-hydrogen) atoms. The Kier molecular flexibility index (Phi) is 6.60. The first-order valence-electron chi connectivity index (χ1n) is 9.08. The van der Waals surface area contributed by atoms with Crippen LogP contribution in [0.4, 0.5) is 0 Å². The summed E-state index contributed by atoms with van der Waals surface area (Å²) in [5.74, 6) is 0.604. The predicted molar refractivity (Wildman–Crippen MR) is 109 cm³/mol. The second-order valence-electron chi connectivity index (χ2n) is 7.49. The molecule has 1 amide bonds. The van der Waals surface area contributed by atoms with Crippen molar-refractivity contribution >= 4 is 36.4 Å². The number of H-pyrrole nitrogens is 1. The average Bonchev–Trinajstić information content (AvgIpc) is 3.18. The Morgan fingerprint density at radius 1 is 1.37 bits per heavy atom. The summed E-state index contributed by atoms with van der Waals surface area (Å²) < 4.78 is 1.69. The number of aromatic amines is 1. The normalized spacial score (nSPS) is 24.0. The van der Waals surface area contributed by atoms with Crippen LogP contribution in [-0.2, 0) is 11.3 Å². The highest BCUT2D eigenvalue weighted by atomic mass is 35.5. The Morgan fingerprint density at radius 3 is 2.93 bits per heavy atom. The number of nitrogens with one attached hydrogen (secondary N) is 3. The predicted octanol–water partition coefficient (Wildman–Crippen LogP) is 1.88. The SMILES string of the molecule is Cc1nc2cc(=O)[nH]n2c(C)c1CNC(=O)[C@@]12CCCC[C@H]1CNC2.Cl.Cl. The van der Waals surface area contributed by atoms with Crippen LogP contribution in [0, 0.1) is 25.2 Å². The number of hydrogen-bond donors (Lipinski definition) is 3. The van der Waals surface area contributed by atoms with Gasteiger partial charge in [0.1, 0.15) is 0 Å². The number of carbonyl (C=O) groups is 1. The highest BCUT2D eigenvalue weighted by molar-refractivity contribution is 5.85. The molecule has 7 nitrogen and oxygen atoms in total. The maximum absolute atomic E-state index is 13.0. The molecule has 2 aromatic heterocycles. The van der Waals surface area contributed by atoms with E-state index >= 15 is 0 Å². The van der Waals surface area contributed by atoms with Gasteiger partial charge in [0.15, 0.2) is 5.65 Å². The van der Waals surface area contributed by atoms with Gasteiger partial charge in [0, 0.05) is 36.1 Å². The molecule has 2 fully saturated rings. The number of fused-ring (bicyclic) bond motifs is 2. The summed E-state index contributed by atoms with van der Waals surface area (Å²) in [4.78, 5) is 29.1. The van der Waals surface area contributed by atoms with Crippen LogP contribution in [0.2, 0.25) is 0 Å².